The van der Waals surface area contributed by atoms with Crippen LogP contribution in [0.15, 0.2) is 48.5 Å². The zero-order valence-corrected chi connectivity index (χ0v) is 13.9. The number of anilines is 1. The number of benzene rings is 2. The van der Waals surface area contributed by atoms with Gasteiger partial charge in [-0.1, -0.05) is 29.8 Å². The molecule has 23 heavy (non-hydrogen) atoms. The average molecular weight is 312 g/mol. The van der Waals surface area contributed by atoms with Gasteiger partial charge in [-0.25, -0.2) is 0 Å². The van der Waals surface area contributed by atoms with Crippen LogP contribution in [-0.2, 0) is 11.3 Å². The predicted molar refractivity (Wildman–Crippen MR) is 93.7 cm³/mol. The Hall–Kier alpha value is -2.33. The number of aryl methyl sites for hydroxylation is 1. The third-order valence-electron chi connectivity index (χ3n) is 3.25. The maximum Gasteiger partial charge on any atom is 0.238 e. The zero-order valence-electron chi connectivity index (χ0n) is 13.9. The van der Waals surface area contributed by atoms with Crippen LogP contribution >= 0.6 is 0 Å². The molecule has 0 aliphatic heterocycles. The molecule has 0 bridgehead atoms. The van der Waals surface area contributed by atoms with E-state index < -0.39 is 0 Å². The Morgan fingerprint density at radius 3 is 2.30 bits per heavy atom. The number of nitrogens with one attached hydrogen (secondary N) is 2. The lowest BCUT2D eigenvalue weighted by Crippen LogP contribution is -2.27. The summed E-state index contributed by atoms with van der Waals surface area (Å²) in [5.41, 5.74) is 3.17. The average Bonchev–Trinajstić information content (AvgIpc) is 2.51. The molecule has 2 rings (SSSR count). The van der Waals surface area contributed by atoms with Gasteiger partial charge in [0.25, 0.3) is 0 Å². The first-order chi connectivity index (χ1) is 11.0. The van der Waals surface area contributed by atoms with Crippen LogP contribution in [0.2, 0.25) is 0 Å². The maximum atomic E-state index is 11.9. The molecule has 4 nitrogen and oxygen atoms in total. The summed E-state index contributed by atoms with van der Waals surface area (Å²) >= 11 is 0. The molecule has 0 radical (unpaired) electrons. The molecule has 0 aliphatic rings. The summed E-state index contributed by atoms with van der Waals surface area (Å²) < 4.78 is 5.57. The van der Waals surface area contributed by atoms with Crippen molar-refractivity contribution in [2.45, 2.75) is 33.4 Å². The van der Waals surface area contributed by atoms with Gasteiger partial charge < -0.3 is 15.4 Å². The van der Waals surface area contributed by atoms with E-state index in [1.54, 1.807) is 0 Å². The second kappa shape index (κ2) is 8.34. The van der Waals surface area contributed by atoms with E-state index in [4.69, 9.17) is 4.74 Å². The van der Waals surface area contributed by atoms with Gasteiger partial charge in [0.15, 0.2) is 0 Å². The highest BCUT2D eigenvalue weighted by molar-refractivity contribution is 5.92. The molecule has 2 aromatic carbocycles. The molecule has 0 spiro atoms. The highest BCUT2D eigenvalue weighted by atomic mass is 16.5. The van der Waals surface area contributed by atoms with Crippen molar-refractivity contribution >= 4 is 11.6 Å². The van der Waals surface area contributed by atoms with Crippen LogP contribution in [0.25, 0.3) is 0 Å². The summed E-state index contributed by atoms with van der Waals surface area (Å²) in [6.45, 7) is 6.97. The first-order valence-electron chi connectivity index (χ1n) is 7.86. The Morgan fingerprint density at radius 1 is 1.04 bits per heavy atom. The van der Waals surface area contributed by atoms with Crippen molar-refractivity contribution in [3.8, 4) is 5.75 Å². The Kier molecular flexibility index (Phi) is 6.18. The second-order valence-corrected chi connectivity index (χ2v) is 5.83. The summed E-state index contributed by atoms with van der Waals surface area (Å²) in [4.78, 5) is 11.9. The van der Waals surface area contributed by atoms with Gasteiger partial charge in [-0.3, -0.25) is 4.79 Å². The molecule has 2 N–H and O–H groups in total. The van der Waals surface area contributed by atoms with E-state index in [9.17, 15) is 4.79 Å². The van der Waals surface area contributed by atoms with Crippen molar-refractivity contribution in [2.24, 2.45) is 0 Å². The second-order valence-electron chi connectivity index (χ2n) is 5.83. The number of carbonyl (C=O) groups excluding carboxylic acids is 1. The molecule has 0 heterocycles. The van der Waals surface area contributed by atoms with Gasteiger partial charge >= 0.3 is 0 Å². The van der Waals surface area contributed by atoms with Crippen LogP contribution in [0.3, 0.4) is 0 Å². The molecule has 0 aliphatic carbocycles. The fourth-order valence-corrected chi connectivity index (χ4v) is 2.12. The van der Waals surface area contributed by atoms with Crippen molar-refractivity contribution in [3.05, 3.63) is 59.7 Å². The molecule has 0 unspecified atom stereocenters. The van der Waals surface area contributed by atoms with E-state index in [1.165, 1.54) is 11.1 Å². The van der Waals surface area contributed by atoms with E-state index in [0.29, 0.717) is 6.54 Å². The monoisotopic (exact) mass is 312 g/mol. The highest BCUT2D eigenvalue weighted by Gasteiger charge is 2.03. The SMILES string of the molecule is Cc1ccc(CNCC(=O)Nc2ccc(OC(C)C)cc2)cc1. The summed E-state index contributed by atoms with van der Waals surface area (Å²) in [5.74, 6) is 0.741. The van der Waals surface area contributed by atoms with Crippen LogP contribution in [0, 0.1) is 6.92 Å². The van der Waals surface area contributed by atoms with Gasteiger partial charge in [0, 0.05) is 12.2 Å². The van der Waals surface area contributed by atoms with Crippen molar-refractivity contribution in [3.63, 3.8) is 0 Å². The third kappa shape index (κ3) is 6.12. The fraction of sp³-hybridized carbons (Fsp3) is 0.316. The number of hydrogen-bond donors (Lipinski definition) is 2. The third-order valence-corrected chi connectivity index (χ3v) is 3.25. The first-order valence-corrected chi connectivity index (χ1v) is 7.86. The standard InChI is InChI=1S/C19H24N2O2/c1-14(2)23-18-10-8-17(9-11-18)21-19(22)13-20-12-16-6-4-15(3)5-7-16/h4-11,14,20H,12-13H2,1-3H3,(H,21,22). The van der Waals surface area contributed by atoms with E-state index in [0.717, 1.165) is 11.4 Å². The Bertz CT molecular complexity index is 619. The number of ether oxygens (including phenoxy) is 1. The number of amides is 1. The van der Waals surface area contributed by atoms with Crippen LogP contribution < -0.4 is 15.4 Å². The molecule has 0 fully saturated rings. The molecule has 0 saturated carbocycles. The molecule has 1 amide bonds. The highest BCUT2D eigenvalue weighted by Crippen LogP contribution is 2.16. The molecular weight excluding hydrogens is 288 g/mol. The van der Waals surface area contributed by atoms with Gasteiger partial charge in [0.05, 0.1) is 12.6 Å². The number of rotatable bonds is 7. The molecule has 122 valence electrons. The van der Waals surface area contributed by atoms with Crippen molar-refractivity contribution in [2.75, 3.05) is 11.9 Å². The molecule has 4 heteroatoms. The van der Waals surface area contributed by atoms with Gasteiger partial charge in [-0.05, 0) is 50.6 Å². The van der Waals surface area contributed by atoms with Crippen molar-refractivity contribution in [1.29, 1.82) is 0 Å². The quantitative estimate of drug-likeness (QED) is 0.822. The van der Waals surface area contributed by atoms with Crippen LogP contribution in [0.5, 0.6) is 5.75 Å². The smallest absolute Gasteiger partial charge is 0.238 e. The molecule has 2 aromatic rings. The minimum atomic E-state index is -0.0605. The van der Waals surface area contributed by atoms with Gasteiger partial charge in [-0.15, -0.1) is 0 Å². The Balaban J connectivity index is 1.75. The van der Waals surface area contributed by atoms with Crippen LogP contribution in [-0.4, -0.2) is 18.6 Å². The number of hydrogen-bond acceptors (Lipinski definition) is 3. The number of carbonyl (C=O) groups is 1. The molecule has 0 atom stereocenters. The van der Waals surface area contributed by atoms with Gasteiger partial charge in [0.1, 0.15) is 5.75 Å². The minimum Gasteiger partial charge on any atom is -0.491 e. The topological polar surface area (TPSA) is 50.4 Å². The Morgan fingerprint density at radius 2 is 1.70 bits per heavy atom. The maximum absolute atomic E-state index is 11.9. The van der Waals surface area contributed by atoms with Gasteiger partial charge in [0.2, 0.25) is 5.91 Å². The fourth-order valence-electron chi connectivity index (χ4n) is 2.12. The first kappa shape index (κ1) is 17.0. The largest absolute Gasteiger partial charge is 0.491 e. The summed E-state index contributed by atoms with van der Waals surface area (Å²) in [7, 11) is 0. The lowest BCUT2D eigenvalue weighted by molar-refractivity contribution is -0.115. The van der Waals surface area contributed by atoms with Gasteiger partial charge in [-0.2, -0.15) is 0 Å². The minimum absolute atomic E-state index is 0.0605. The Labute approximate surface area is 137 Å². The normalized spacial score (nSPS) is 10.6. The molecule has 0 aromatic heterocycles. The van der Waals surface area contributed by atoms with E-state index >= 15 is 0 Å². The lowest BCUT2D eigenvalue weighted by atomic mass is 10.1. The van der Waals surface area contributed by atoms with Crippen LogP contribution in [0.1, 0.15) is 25.0 Å². The summed E-state index contributed by atoms with van der Waals surface area (Å²) in [6, 6.07) is 15.7. The summed E-state index contributed by atoms with van der Waals surface area (Å²) in [6.07, 6.45) is 0.140. The van der Waals surface area contributed by atoms with Crippen molar-refractivity contribution in [1.82, 2.24) is 5.32 Å². The lowest BCUT2D eigenvalue weighted by Gasteiger charge is -2.11. The van der Waals surface area contributed by atoms with E-state index in [-0.39, 0.29) is 18.6 Å². The zero-order chi connectivity index (χ0) is 16.7. The summed E-state index contributed by atoms with van der Waals surface area (Å²) in [5, 5.41) is 6.00. The van der Waals surface area contributed by atoms with Crippen molar-refractivity contribution < 1.29 is 9.53 Å². The van der Waals surface area contributed by atoms with E-state index in [2.05, 4.69) is 41.8 Å². The molecular formula is C19H24N2O2. The van der Waals surface area contributed by atoms with E-state index in [1.807, 2.05) is 38.1 Å². The molecule has 0 saturated heterocycles. The predicted octanol–water partition coefficient (Wildman–Crippen LogP) is 3.51. The van der Waals surface area contributed by atoms with Crippen LogP contribution in [0.4, 0.5) is 5.69 Å².